The first-order valence-electron chi connectivity index (χ1n) is 8.09. The van der Waals surface area contributed by atoms with Crippen molar-refractivity contribution in [3.8, 4) is 5.75 Å². The van der Waals surface area contributed by atoms with Crippen molar-refractivity contribution >= 4 is 5.57 Å². The van der Waals surface area contributed by atoms with Gasteiger partial charge in [-0.25, -0.2) is 0 Å². The molecule has 2 nitrogen and oxygen atoms in total. The highest BCUT2D eigenvalue weighted by Crippen LogP contribution is 2.48. The molecule has 2 aliphatic carbocycles. The number of benzene rings is 1. The van der Waals surface area contributed by atoms with Crippen molar-refractivity contribution in [2.75, 3.05) is 27.7 Å². The number of rotatable bonds is 4. The van der Waals surface area contributed by atoms with Gasteiger partial charge >= 0.3 is 0 Å². The van der Waals surface area contributed by atoms with Gasteiger partial charge in [0.25, 0.3) is 0 Å². The van der Waals surface area contributed by atoms with E-state index in [1.54, 1.807) is 12.7 Å². The number of hydrogen-bond acceptors (Lipinski definition) is 2. The van der Waals surface area contributed by atoms with Crippen molar-refractivity contribution in [1.29, 1.82) is 0 Å². The van der Waals surface area contributed by atoms with Crippen LogP contribution in [0.5, 0.6) is 5.75 Å². The first kappa shape index (κ1) is 14.6. The quantitative estimate of drug-likeness (QED) is 0.829. The summed E-state index contributed by atoms with van der Waals surface area (Å²) in [5.41, 5.74) is 4.21. The smallest absolute Gasteiger partial charge is 0.119 e. The van der Waals surface area contributed by atoms with Gasteiger partial charge in [-0.2, -0.15) is 0 Å². The summed E-state index contributed by atoms with van der Waals surface area (Å²) in [6.07, 6.45) is 6.73. The van der Waals surface area contributed by atoms with Gasteiger partial charge in [0, 0.05) is 6.54 Å². The van der Waals surface area contributed by atoms with Crippen LogP contribution in [0.3, 0.4) is 0 Å². The van der Waals surface area contributed by atoms with E-state index >= 15 is 0 Å². The van der Waals surface area contributed by atoms with E-state index in [4.69, 9.17) is 4.74 Å². The molecule has 0 radical (unpaired) electrons. The molecule has 0 aromatic heterocycles. The van der Waals surface area contributed by atoms with Crippen LogP contribution in [-0.4, -0.2) is 32.6 Å². The van der Waals surface area contributed by atoms with Gasteiger partial charge in [-0.1, -0.05) is 12.1 Å². The summed E-state index contributed by atoms with van der Waals surface area (Å²) >= 11 is 0. The van der Waals surface area contributed by atoms with Crippen LogP contribution in [0, 0.1) is 24.7 Å². The molecule has 1 aromatic carbocycles. The zero-order chi connectivity index (χ0) is 15.0. The standard InChI is InChI=1S/C19H27NO/c1-13-7-16(11-17(8-13)21-4)18-10-14-5-6-15(9-14)19(18)12-20(2)3/h7-8,10-11,14-15,19H,5-6,9,12H2,1-4H3/t14?,15?,19-/m0/s1. The molecular weight excluding hydrogens is 258 g/mol. The number of allylic oxidation sites excluding steroid dienone is 1. The largest absolute Gasteiger partial charge is 0.497 e. The molecule has 2 bridgehead atoms. The van der Waals surface area contributed by atoms with E-state index in [0.717, 1.165) is 24.1 Å². The molecule has 2 unspecified atom stereocenters. The van der Waals surface area contributed by atoms with Gasteiger partial charge in [-0.05, 0) is 86.9 Å². The van der Waals surface area contributed by atoms with Crippen molar-refractivity contribution in [3.63, 3.8) is 0 Å². The van der Waals surface area contributed by atoms with E-state index in [0.29, 0.717) is 5.92 Å². The fourth-order valence-corrected chi connectivity index (χ4v) is 4.18. The zero-order valence-electron chi connectivity index (χ0n) is 13.7. The molecule has 0 N–H and O–H groups in total. The predicted octanol–water partition coefficient (Wildman–Crippen LogP) is 3.99. The summed E-state index contributed by atoms with van der Waals surface area (Å²) in [4.78, 5) is 2.34. The average molecular weight is 285 g/mol. The highest BCUT2D eigenvalue weighted by atomic mass is 16.5. The SMILES string of the molecule is COc1cc(C)cc(C2=CC3CCC(C3)[C@@H]2CN(C)C)c1. The molecule has 2 aliphatic rings. The third-order valence-corrected chi connectivity index (χ3v) is 5.08. The second-order valence-electron chi connectivity index (χ2n) is 7.06. The minimum atomic E-state index is 0.672. The maximum atomic E-state index is 5.47. The minimum absolute atomic E-state index is 0.672. The Morgan fingerprint density at radius 2 is 2.00 bits per heavy atom. The van der Waals surface area contributed by atoms with E-state index in [1.165, 1.54) is 30.4 Å². The minimum Gasteiger partial charge on any atom is -0.497 e. The van der Waals surface area contributed by atoms with Gasteiger partial charge in [0.2, 0.25) is 0 Å². The summed E-state index contributed by atoms with van der Waals surface area (Å²) in [5, 5.41) is 0. The molecule has 2 heteroatoms. The summed E-state index contributed by atoms with van der Waals surface area (Å²) in [5.74, 6) is 3.32. The molecule has 114 valence electrons. The van der Waals surface area contributed by atoms with E-state index in [2.05, 4.69) is 50.2 Å². The van der Waals surface area contributed by atoms with Gasteiger partial charge in [-0.15, -0.1) is 0 Å². The molecule has 0 spiro atoms. The Kier molecular flexibility index (Phi) is 4.08. The predicted molar refractivity (Wildman–Crippen MR) is 88.6 cm³/mol. The van der Waals surface area contributed by atoms with Crippen molar-refractivity contribution in [2.45, 2.75) is 26.2 Å². The lowest BCUT2D eigenvalue weighted by Crippen LogP contribution is -2.29. The van der Waals surface area contributed by atoms with Crippen LogP contribution in [0.15, 0.2) is 24.3 Å². The summed E-state index contributed by atoms with van der Waals surface area (Å²) in [6.45, 7) is 3.31. The Bertz CT molecular complexity index is 546. The van der Waals surface area contributed by atoms with E-state index in [-0.39, 0.29) is 0 Å². The Morgan fingerprint density at radius 1 is 1.19 bits per heavy atom. The van der Waals surface area contributed by atoms with Crippen molar-refractivity contribution in [2.24, 2.45) is 17.8 Å². The van der Waals surface area contributed by atoms with E-state index in [9.17, 15) is 0 Å². The zero-order valence-corrected chi connectivity index (χ0v) is 13.7. The van der Waals surface area contributed by atoms with Gasteiger partial charge < -0.3 is 9.64 Å². The van der Waals surface area contributed by atoms with Crippen LogP contribution in [0.1, 0.15) is 30.4 Å². The molecule has 3 atom stereocenters. The van der Waals surface area contributed by atoms with Crippen LogP contribution in [0.4, 0.5) is 0 Å². The molecular formula is C19H27NO. The van der Waals surface area contributed by atoms with Crippen LogP contribution in [0.25, 0.3) is 5.57 Å². The van der Waals surface area contributed by atoms with Gasteiger partial charge in [0.05, 0.1) is 7.11 Å². The van der Waals surface area contributed by atoms with E-state index in [1.807, 2.05) is 0 Å². The lowest BCUT2D eigenvalue weighted by Gasteiger charge is -2.33. The van der Waals surface area contributed by atoms with Crippen LogP contribution >= 0.6 is 0 Å². The lowest BCUT2D eigenvalue weighted by atomic mass is 9.76. The topological polar surface area (TPSA) is 12.5 Å². The highest BCUT2D eigenvalue weighted by Gasteiger charge is 2.37. The maximum absolute atomic E-state index is 5.47. The van der Waals surface area contributed by atoms with Crippen LogP contribution < -0.4 is 4.74 Å². The molecule has 0 amide bonds. The van der Waals surface area contributed by atoms with Gasteiger partial charge in [0.1, 0.15) is 5.75 Å². The number of methoxy groups -OCH3 is 1. The number of aryl methyl sites for hydroxylation is 1. The Hall–Kier alpha value is -1.28. The fraction of sp³-hybridized carbons (Fsp3) is 0.579. The Labute approximate surface area is 128 Å². The van der Waals surface area contributed by atoms with Crippen LogP contribution in [-0.2, 0) is 0 Å². The molecule has 0 heterocycles. The molecule has 21 heavy (non-hydrogen) atoms. The molecule has 3 rings (SSSR count). The molecule has 1 saturated carbocycles. The maximum Gasteiger partial charge on any atom is 0.119 e. The Morgan fingerprint density at radius 3 is 2.71 bits per heavy atom. The highest BCUT2D eigenvalue weighted by molar-refractivity contribution is 5.71. The van der Waals surface area contributed by atoms with Crippen LogP contribution in [0.2, 0.25) is 0 Å². The second kappa shape index (κ2) is 5.84. The monoisotopic (exact) mass is 285 g/mol. The molecule has 1 fully saturated rings. The lowest BCUT2D eigenvalue weighted by molar-refractivity contribution is 0.289. The number of hydrogen-bond donors (Lipinski definition) is 0. The molecule has 0 saturated heterocycles. The first-order valence-corrected chi connectivity index (χ1v) is 8.09. The number of nitrogens with zero attached hydrogens (tertiary/aromatic N) is 1. The first-order chi connectivity index (χ1) is 10.1. The Balaban J connectivity index is 1.99. The number of fused-ring (bicyclic) bond motifs is 2. The second-order valence-corrected chi connectivity index (χ2v) is 7.06. The van der Waals surface area contributed by atoms with Gasteiger partial charge in [-0.3, -0.25) is 0 Å². The van der Waals surface area contributed by atoms with Crippen molar-refractivity contribution in [1.82, 2.24) is 4.90 Å². The summed E-state index contributed by atoms with van der Waals surface area (Å²) < 4.78 is 5.47. The third-order valence-electron chi connectivity index (χ3n) is 5.08. The normalized spacial score (nSPS) is 27.9. The third kappa shape index (κ3) is 3.01. The summed E-state index contributed by atoms with van der Waals surface area (Å²) in [6, 6.07) is 6.65. The van der Waals surface area contributed by atoms with Crippen molar-refractivity contribution < 1.29 is 4.74 Å². The fourth-order valence-electron chi connectivity index (χ4n) is 4.18. The summed E-state index contributed by atoms with van der Waals surface area (Å²) in [7, 11) is 6.14. The van der Waals surface area contributed by atoms with Crippen molar-refractivity contribution in [3.05, 3.63) is 35.4 Å². The molecule has 1 aromatic rings. The molecule has 0 aliphatic heterocycles. The van der Waals surface area contributed by atoms with Gasteiger partial charge in [0.15, 0.2) is 0 Å². The average Bonchev–Trinajstić information content (AvgIpc) is 2.83. The number of ether oxygens (including phenoxy) is 1. The van der Waals surface area contributed by atoms with E-state index < -0.39 is 0 Å².